The standard InChI is InChI=1S/C10H21N3/c1-4-12(5-2)9-10-13(6-3)8-7-11/h4-6,8-10H2,1-3H3. The van der Waals surface area contributed by atoms with E-state index >= 15 is 0 Å². The molecule has 0 aliphatic carbocycles. The van der Waals surface area contributed by atoms with Crippen molar-refractivity contribution in [2.45, 2.75) is 20.8 Å². The van der Waals surface area contributed by atoms with Crippen molar-refractivity contribution in [3.05, 3.63) is 0 Å². The maximum Gasteiger partial charge on any atom is 0.0866 e. The molecule has 0 radical (unpaired) electrons. The minimum Gasteiger partial charge on any atom is -0.303 e. The zero-order valence-corrected chi connectivity index (χ0v) is 9.08. The summed E-state index contributed by atoms with van der Waals surface area (Å²) in [5.41, 5.74) is 0. The lowest BCUT2D eigenvalue weighted by Crippen LogP contribution is -2.35. The van der Waals surface area contributed by atoms with Crippen LogP contribution in [0.25, 0.3) is 0 Å². The quantitative estimate of drug-likeness (QED) is 0.555. The summed E-state index contributed by atoms with van der Waals surface area (Å²) in [6.07, 6.45) is 0. The summed E-state index contributed by atoms with van der Waals surface area (Å²) >= 11 is 0. The second-order valence-electron chi connectivity index (χ2n) is 3.05. The molecule has 0 aromatic carbocycles. The van der Waals surface area contributed by atoms with E-state index in [1.807, 2.05) is 0 Å². The third kappa shape index (κ3) is 5.62. The maximum atomic E-state index is 8.54. The van der Waals surface area contributed by atoms with Gasteiger partial charge < -0.3 is 4.90 Å². The molecule has 0 aromatic heterocycles. The van der Waals surface area contributed by atoms with Gasteiger partial charge in [0.05, 0.1) is 12.6 Å². The average Bonchev–Trinajstić information content (AvgIpc) is 2.17. The van der Waals surface area contributed by atoms with Crippen LogP contribution in [0.15, 0.2) is 0 Å². The Labute approximate surface area is 81.9 Å². The lowest BCUT2D eigenvalue weighted by atomic mass is 10.4. The molecule has 3 heteroatoms. The smallest absolute Gasteiger partial charge is 0.0866 e. The van der Waals surface area contributed by atoms with Gasteiger partial charge in [-0.2, -0.15) is 5.26 Å². The number of hydrogen-bond acceptors (Lipinski definition) is 3. The topological polar surface area (TPSA) is 30.3 Å². The second-order valence-corrected chi connectivity index (χ2v) is 3.05. The number of nitrogens with zero attached hydrogens (tertiary/aromatic N) is 3. The van der Waals surface area contributed by atoms with Crippen molar-refractivity contribution in [3.63, 3.8) is 0 Å². The zero-order valence-electron chi connectivity index (χ0n) is 9.08. The van der Waals surface area contributed by atoms with Gasteiger partial charge in [-0.25, -0.2) is 0 Å². The minimum atomic E-state index is 0.553. The van der Waals surface area contributed by atoms with Gasteiger partial charge in [-0.3, -0.25) is 4.90 Å². The molecule has 76 valence electrons. The van der Waals surface area contributed by atoms with Gasteiger partial charge in [-0.1, -0.05) is 20.8 Å². The molecule has 0 spiro atoms. The number of nitriles is 1. The second kappa shape index (κ2) is 8.03. The van der Waals surface area contributed by atoms with Crippen molar-refractivity contribution >= 4 is 0 Å². The van der Waals surface area contributed by atoms with Crippen molar-refractivity contribution in [2.24, 2.45) is 0 Å². The van der Waals surface area contributed by atoms with Crippen LogP contribution in [0.4, 0.5) is 0 Å². The third-order valence-corrected chi connectivity index (χ3v) is 2.37. The van der Waals surface area contributed by atoms with Crippen LogP contribution < -0.4 is 0 Å². The molecular weight excluding hydrogens is 162 g/mol. The van der Waals surface area contributed by atoms with Gasteiger partial charge in [0.1, 0.15) is 0 Å². The first-order valence-electron chi connectivity index (χ1n) is 5.10. The van der Waals surface area contributed by atoms with E-state index in [1.54, 1.807) is 0 Å². The third-order valence-electron chi connectivity index (χ3n) is 2.37. The van der Waals surface area contributed by atoms with Crippen LogP contribution in [0, 0.1) is 11.3 Å². The molecule has 0 bridgehead atoms. The monoisotopic (exact) mass is 183 g/mol. The van der Waals surface area contributed by atoms with Crippen LogP contribution in [0.1, 0.15) is 20.8 Å². The highest BCUT2D eigenvalue weighted by Crippen LogP contribution is 1.91. The van der Waals surface area contributed by atoms with Crippen molar-refractivity contribution in [1.82, 2.24) is 9.80 Å². The predicted octanol–water partition coefficient (Wildman–Crippen LogP) is 1.17. The van der Waals surface area contributed by atoms with Gasteiger partial charge in [0.15, 0.2) is 0 Å². The van der Waals surface area contributed by atoms with E-state index in [-0.39, 0.29) is 0 Å². The Bertz CT molecular complexity index is 147. The fourth-order valence-electron chi connectivity index (χ4n) is 1.27. The fourth-order valence-corrected chi connectivity index (χ4v) is 1.27. The summed E-state index contributed by atoms with van der Waals surface area (Å²) in [6.45, 7) is 12.2. The van der Waals surface area contributed by atoms with Gasteiger partial charge in [-0.15, -0.1) is 0 Å². The molecule has 0 fully saturated rings. The lowest BCUT2D eigenvalue weighted by molar-refractivity contribution is 0.235. The Morgan fingerprint density at radius 3 is 1.77 bits per heavy atom. The Kier molecular flexibility index (Phi) is 7.66. The van der Waals surface area contributed by atoms with Gasteiger partial charge >= 0.3 is 0 Å². The van der Waals surface area contributed by atoms with Gasteiger partial charge in [0.2, 0.25) is 0 Å². The number of likely N-dealkylation sites (N-methyl/N-ethyl adjacent to an activating group) is 2. The average molecular weight is 183 g/mol. The molecule has 0 heterocycles. The summed E-state index contributed by atoms with van der Waals surface area (Å²) in [7, 11) is 0. The van der Waals surface area contributed by atoms with Crippen LogP contribution in [0.2, 0.25) is 0 Å². The van der Waals surface area contributed by atoms with Gasteiger partial charge in [-0.05, 0) is 19.6 Å². The Morgan fingerprint density at radius 1 is 0.923 bits per heavy atom. The molecule has 3 nitrogen and oxygen atoms in total. The lowest BCUT2D eigenvalue weighted by Gasteiger charge is -2.23. The Balaban J connectivity index is 3.64. The van der Waals surface area contributed by atoms with Gasteiger partial charge in [0, 0.05) is 13.1 Å². The van der Waals surface area contributed by atoms with E-state index < -0.39 is 0 Å². The van der Waals surface area contributed by atoms with E-state index in [4.69, 9.17) is 5.26 Å². The summed E-state index contributed by atoms with van der Waals surface area (Å²) < 4.78 is 0. The van der Waals surface area contributed by atoms with E-state index in [9.17, 15) is 0 Å². The van der Waals surface area contributed by atoms with E-state index in [0.717, 1.165) is 32.7 Å². The van der Waals surface area contributed by atoms with Crippen LogP contribution in [-0.2, 0) is 0 Å². The molecule has 0 aromatic rings. The van der Waals surface area contributed by atoms with Crippen molar-refractivity contribution in [1.29, 1.82) is 5.26 Å². The zero-order chi connectivity index (χ0) is 10.1. The maximum absolute atomic E-state index is 8.54. The molecule has 0 saturated carbocycles. The molecule has 0 rings (SSSR count). The van der Waals surface area contributed by atoms with Crippen molar-refractivity contribution in [3.8, 4) is 6.07 Å². The fraction of sp³-hybridized carbons (Fsp3) is 0.900. The largest absolute Gasteiger partial charge is 0.303 e. The summed E-state index contributed by atoms with van der Waals surface area (Å²) in [6, 6.07) is 2.19. The van der Waals surface area contributed by atoms with Gasteiger partial charge in [0.25, 0.3) is 0 Å². The van der Waals surface area contributed by atoms with Crippen molar-refractivity contribution < 1.29 is 0 Å². The highest BCUT2D eigenvalue weighted by molar-refractivity contribution is 4.76. The SMILES string of the molecule is CCN(CC)CCN(CC)CC#N. The first kappa shape index (κ1) is 12.4. The first-order valence-corrected chi connectivity index (χ1v) is 5.10. The molecule has 0 aliphatic heterocycles. The molecule has 0 amide bonds. The van der Waals surface area contributed by atoms with Crippen LogP contribution in [-0.4, -0.2) is 49.1 Å². The van der Waals surface area contributed by atoms with E-state index in [0.29, 0.717) is 6.54 Å². The van der Waals surface area contributed by atoms with E-state index in [2.05, 4.69) is 36.6 Å². The predicted molar refractivity (Wildman–Crippen MR) is 55.5 cm³/mol. The van der Waals surface area contributed by atoms with Crippen LogP contribution >= 0.6 is 0 Å². The summed E-state index contributed by atoms with van der Waals surface area (Å²) in [5.74, 6) is 0. The Morgan fingerprint density at radius 2 is 1.38 bits per heavy atom. The first-order chi connectivity index (χ1) is 6.28. The summed E-state index contributed by atoms with van der Waals surface area (Å²) in [5, 5.41) is 8.54. The Hall–Kier alpha value is -0.590. The van der Waals surface area contributed by atoms with Crippen LogP contribution in [0.5, 0.6) is 0 Å². The molecular formula is C10H21N3. The molecule has 0 N–H and O–H groups in total. The van der Waals surface area contributed by atoms with Crippen molar-refractivity contribution in [2.75, 3.05) is 39.3 Å². The number of hydrogen-bond donors (Lipinski definition) is 0. The molecule has 13 heavy (non-hydrogen) atoms. The van der Waals surface area contributed by atoms with Crippen LogP contribution in [0.3, 0.4) is 0 Å². The molecule has 0 unspecified atom stereocenters. The normalized spacial score (nSPS) is 10.8. The van der Waals surface area contributed by atoms with E-state index in [1.165, 1.54) is 0 Å². The summed E-state index contributed by atoms with van der Waals surface area (Å²) in [4.78, 5) is 4.54. The molecule has 0 saturated heterocycles. The highest BCUT2D eigenvalue weighted by Gasteiger charge is 2.03. The highest BCUT2D eigenvalue weighted by atomic mass is 15.2. The molecule has 0 atom stereocenters. The molecule has 0 aliphatic rings. The number of rotatable bonds is 7. The minimum absolute atomic E-state index is 0.553.